The van der Waals surface area contributed by atoms with Crippen LogP contribution in [0, 0.1) is 0 Å². The van der Waals surface area contributed by atoms with Crippen molar-refractivity contribution >= 4 is 5.91 Å². The fraction of sp³-hybridized carbons (Fsp3) is 0.545. The predicted octanol–water partition coefficient (Wildman–Crippen LogP) is -0.463. The highest BCUT2D eigenvalue weighted by Gasteiger charge is 2.20. The van der Waals surface area contributed by atoms with E-state index in [0.717, 1.165) is 13.1 Å². The van der Waals surface area contributed by atoms with Crippen molar-refractivity contribution in [1.29, 1.82) is 0 Å². The highest BCUT2D eigenvalue weighted by atomic mass is 16.5. The molecule has 1 amide bonds. The number of carbonyl (C=O) groups is 1. The maximum absolute atomic E-state index is 12.0. The first-order valence-electron chi connectivity index (χ1n) is 5.61. The largest absolute Gasteiger partial charge is 0.374 e. The molecule has 2 rings (SSSR count). The van der Waals surface area contributed by atoms with Crippen molar-refractivity contribution < 1.29 is 9.53 Å². The number of hydrogen-bond acceptors (Lipinski definition) is 5. The average molecular weight is 236 g/mol. The molecule has 0 aromatic carbocycles. The Hall–Kier alpha value is -1.53. The van der Waals surface area contributed by atoms with E-state index in [4.69, 9.17) is 4.74 Å². The van der Waals surface area contributed by atoms with E-state index >= 15 is 0 Å². The highest BCUT2D eigenvalue weighted by Crippen LogP contribution is 2.02. The van der Waals surface area contributed by atoms with Gasteiger partial charge in [-0.25, -0.2) is 4.98 Å². The standard InChI is InChI=1S/C11H16N4O2/c1-15(8-9-6-13-4-5-17-9)11(16)10-7-12-2-3-14-10/h2-3,7,9,13H,4-6,8H2,1H3. The first kappa shape index (κ1) is 11.9. The fourth-order valence-electron chi connectivity index (χ4n) is 1.73. The third-order valence-corrected chi connectivity index (χ3v) is 2.61. The summed E-state index contributed by atoms with van der Waals surface area (Å²) in [5, 5.41) is 3.23. The van der Waals surface area contributed by atoms with E-state index < -0.39 is 0 Å². The SMILES string of the molecule is CN(CC1CNCCO1)C(=O)c1cnccn1. The number of morpholine rings is 1. The summed E-state index contributed by atoms with van der Waals surface area (Å²) in [4.78, 5) is 21.4. The summed E-state index contributed by atoms with van der Waals surface area (Å²) in [6.45, 7) is 2.90. The molecule has 0 aliphatic carbocycles. The Morgan fingerprint density at radius 3 is 3.18 bits per heavy atom. The van der Waals surface area contributed by atoms with Gasteiger partial charge in [0.05, 0.1) is 18.9 Å². The number of nitrogens with one attached hydrogen (secondary N) is 1. The molecule has 0 bridgehead atoms. The predicted molar refractivity (Wildman–Crippen MR) is 61.6 cm³/mol. The van der Waals surface area contributed by atoms with E-state index in [1.54, 1.807) is 18.1 Å². The van der Waals surface area contributed by atoms with Crippen LogP contribution in [0.15, 0.2) is 18.6 Å². The lowest BCUT2D eigenvalue weighted by molar-refractivity contribution is 0.0102. The Labute approximate surface area is 100 Å². The van der Waals surface area contributed by atoms with Gasteiger partial charge in [-0.2, -0.15) is 0 Å². The lowest BCUT2D eigenvalue weighted by Crippen LogP contribution is -2.45. The second-order valence-electron chi connectivity index (χ2n) is 3.97. The summed E-state index contributed by atoms with van der Waals surface area (Å²) in [6.07, 6.45) is 4.58. The summed E-state index contributed by atoms with van der Waals surface area (Å²) in [5.74, 6) is -0.132. The molecular formula is C11H16N4O2. The number of carbonyl (C=O) groups excluding carboxylic acids is 1. The van der Waals surface area contributed by atoms with Gasteiger partial charge in [0, 0.05) is 39.1 Å². The Morgan fingerprint density at radius 2 is 2.53 bits per heavy atom. The second kappa shape index (κ2) is 5.70. The van der Waals surface area contributed by atoms with Gasteiger partial charge in [-0.05, 0) is 0 Å². The van der Waals surface area contributed by atoms with Crippen LogP contribution < -0.4 is 5.32 Å². The summed E-state index contributed by atoms with van der Waals surface area (Å²) in [6, 6.07) is 0. The molecule has 1 aliphatic rings. The van der Waals surface area contributed by atoms with E-state index in [1.165, 1.54) is 12.4 Å². The van der Waals surface area contributed by atoms with Gasteiger partial charge < -0.3 is 15.0 Å². The smallest absolute Gasteiger partial charge is 0.273 e. The van der Waals surface area contributed by atoms with Crippen LogP contribution in [0.5, 0.6) is 0 Å². The molecule has 1 atom stereocenters. The molecule has 92 valence electrons. The lowest BCUT2D eigenvalue weighted by atomic mass is 10.2. The van der Waals surface area contributed by atoms with Gasteiger partial charge in [-0.3, -0.25) is 9.78 Å². The van der Waals surface area contributed by atoms with Crippen LogP contribution in [0.2, 0.25) is 0 Å². The van der Waals surface area contributed by atoms with Crippen LogP contribution in [0.3, 0.4) is 0 Å². The average Bonchev–Trinajstić information content (AvgIpc) is 2.40. The van der Waals surface area contributed by atoms with Gasteiger partial charge in [0.2, 0.25) is 0 Å². The Balaban J connectivity index is 1.91. The van der Waals surface area contributed by atoms with E-state index in [-0.39, 0.29) is 12.0 Å². The molecule has 6 heteroatoms. The fourth-order valence-corrected chi connectivity index (χ4v) is 1.73. The minimum absolute atomic E-state index is 0.0503. The molecule has 1 N–H and O–H groups in total. The molecule has 1 saturated heterocycles. The van der Waals surface area contributed by atoms with E-state index in [1.807, 2.05) is 0 Å². The number of amides is 1. The summed E-state index contributed by atoms with van der Waals surface area (Å²) in [7, 11) is 1.75. The minimum atomic E-state index is -0.132. The Kier molecular flexibility index (Phi) is 4.00. The molecule has 17 heavy (non-hydrogen) atoms. The zero-order chi connectivity index (χ0) is 12.1. The third kappa shape index (κ3) is 3.21. The van der Waals surface area contributed by atoms with Crippen molar-refractivity contribution in [1.82, 2.24) is 20.2 Å². The molecule has 0 saturated carbocycles. The Bertz CT molecular complexity index is 365. The molecule has 1 fully saturated rings. The number of ether oxygens (including phenoxy) is 1. The van der Waals surface area contributed by atoms with Crippen molar-refractivity contribution in [3.63, 3.8) is 0 Å². The topological polar surface area (TPSA) is 67.3 Å². The molecule has 2 heterocycles. The van der Waals surface area contributed by atoms with Crippen LogP contribution in [0.25, 0.3) is 0 Å². The summed E-state index contributed by atoms with van der Waals surface area (Å²) in [5.41, 5.74) is 0.360. The van der Waals surface area contributed by atoms with Crippen molar-refractivity contribution in [2.75, 3.05) is 33.3 Å². The maximum atomic E-state index is 12.0. The van der Waals surface area contributed by atoms with Crippen molar-refractivity contribution in [2.24, 2.45) is 0 Å². The first-order chi connectivity index (χ1) is 8.27. The van der Waals surface area contributed by atoms with Crippen LogP contribution >= 0.6 is 0 Å². The molecule has 0 radical (unpaired) electrons. The zero-order valence-electron chi connectivity index (χ0n) is 9.80. The van der Waals surface area contributed by atoms with Crippen LogP contribution in [0.1, 0.15) is 10.5 Å². The van der Waals surface area contributed by atoms with Gasteiger partial charge in [0.15, 0.2) is 0 Å². The highest BCUT2D eigenvalue weighted by molar-refractivity contribution is 5.91. The zero-order valence-corrected chi connectivity index (χ0v) is 9.80. The third-order valence-electron chi connectivity index (χ3n) is 2.61. The minimum Gasteiger partial charge on any atom is -0.374 e. The normalized spacial score (nSPS) is 19.9. The quantitative estimate of drug-likeness (QED) is 0.769. The van der Waals surface area contributed by atoms with Crippen molar-refractivity contribution in [3.05, 3.63) is 24.3 Å². The number of likely N-dealkylation sites (N-methyl/N-ethyl adjacent to an activating group) is 1. The molecular weight excluding hydrogens is 220 g/mol. The number of nitrogens with zero attached hydrogens (tertiary/aromatic N) is 3. The van der Waals surface area contributed by atoms with E-state index in [0.29, 0.717) is 18.8 Å². The number of aromatic nitrogens is 2. The molecule has 1 aromatic rings. The van der Waals surface area contributed by atoms with E-state index in [2.05, 4.69) is 15.3 Å². The van der Waals surface area contributed by atoms with Gasteiger partial charge in [0.1, 0.15) is 5.69 Å². The van der Waals surface area contributed by atoms with Crippen molar-refractivity contribution in [2.45, 2.75) is 6.10 Å². The number of hydrogen-bond donors (Lipinski definition) is 1. The summed E-state index contributed by atoms with van der Waals surface area (Å²) < 4.78 is 5.54. The van der Waals surface area contributed by atoms with Crippen LogP contribution in [-0.4, -0.2) is 60.2 Å². The molecule has 6 nitrogen and oxygen atoms in total. The van der Waals surface area contributed by atoms with Crippen LogP contribution in [-0.2, 0) is 4.74 Å². The lowest BCUT2D eigenvalue weighted by Gasteiger charge is -2.27. The van der Waals surface area contributed by atoms with E-state index in [9.17, 15) is 4.79 Å². The monoisotopic (exact) mass is 236 g/mol. The first-order valence-corrected chi connectivity index (χ1v) is 5.61. The summed E-state index contributed by atoms with van der Waals surface area (Å²) >= 11 is 0. The van der Waals surface area contributed by atoms with Crippen molar-refractivity contribution in [3.8, 4) is 0 Å². The maximum Gasteiger partial charge on any atom is 0.273 e. The molecule has 1 unspecified atom stereocenters. The molecule has 0 spiro atoms. The molecule has 1 aliphatic heterocycles. The Morgan fingerprint density at radius 1 is 1.65 bits per heavy atom. The van der Waals surface area contributed by atoms with Gasteiger partial charge >= 0.3 is 0 Å². The van der Waals surface area contributed by atoms with Crippen LogP contribution in [0.4, 0.5) is 0 Å². The molecule has 1 aromatic heterocycles. The number of rotatable bonds is 3. The van der Waals surface area contributed by atoms with Gasteiger partial charge in [0.25, 0.3) is 5.91 Å². The second-order valence-corrected chi connectivity index (χ2v) is 3.97. The van der Waals surface area contributed by atoms with Gasteiger partial charge in [-0.15, -0.1) is 0 Å². The van der Waals surface area contributed by atoms with Gasteiger partial charge in [-0.1, -0.05) is 0 Å².